The molecule has 1 heterocycles. The molecule has 0 unspecified atom stereocenters. The number of sulfonamides is 1. The Labute approximate surface area is 89.2 Å². The van der Waals surface area contributed by atoms with E-state index in [0.29, 0.717) is 19.0 Å². The topological polar surface area (TPSA) is 84.0 Å². The highest BCUT2D eigenvalue weighted by Gasteiger charge is 1.99. The van der Waals surface area contributed by atoms with E-state index in [1.807, 2.05) is 6.92 Å². The van der Waals surface area contributed by atoms with E-state index in [1.165, 1.54) is 0 Å². The molecule has 84 valence electrons. The fourth-order valence-electron chi connectivity index (χ4n) is 0.895. The van der Waals surface area contributed by atoms with Crippen molar-refractivity contribution in [2.45, 2.75) is 6.92 Å². The van der Waals surface area contributed by atoms with Crippen LogP contribution in [0.3, 0.4) is 0 Å². The number of nitrogens with zero attached hydrogens (tertiary/aromatic N) is 2. The molecule has 0 aromatic carbocycles. The highest BCUT2D eigenvalue weighted by molar-refractivity contribution is 7.88. The van der Waals surface area contributed by atoms with Crippen molar-refractivity contribution in [2.75, 3.05) is 24.7 Å². The molecule has 0 saturated carbocycles. The molecule has 0 radical (unpaired) electrons. The van der Waals surface area contributed by atoms with Gasteiger partial charge in [-0.1, -0.05) is 0 Å². The summed E-state index contributed by atoms with van der Waals surface area (Å²) in [6, 6.07) is 0. The molecule has 0 amide bonds. The molecule has 1 rings (SSSR count). The van der Waals surface area contributed by atoms with Crippen molar-refractivity contribution in [1.82, 2.24) is 14.7 Å². The number of hydrogen-bond acceptors (Lipinski definition) is 5. The molecule has 0 aliphatic heterocycles. The summed E-state index contributed by atoms with van der Waals surface area (Å²) in [5, 5.41) is 2.90. The van der Waals surface area contributed by atoms with E-state index in [0.717, 1.165) is 11.8 Å². The molecule has 0 atom stereocenters. The summed E-state index contributed by atoms with van der Waals surface area (Å²) < 4.78 is 23.8. The lowest BCUT2D eigenvalue weighted by Gasteiger charge is -2.04. The largest absolute Gasteiger partial charge is 0.353 e. The smallest absolute Gasteiger partial charge is 0.222 e. The van der Waals surface area contributed by atoms with E-state index in [4.69, 9.17) is 0 Å². The molecule has 0 fully saturated rings. The van der Waals surface area contributed by atoms with Gasteiger partial charge in [0.1, 0.15) is 0 Å². The average Bonchev–Trinajstić information content (AvgIpc) is 2.14. The summed E-state index contributed by atoms with van der Waals surface area (Å²) in [6.07, 6.45) is 4.51. The van der Waals surface area contributed by atoms with E-state index in [1.54, 1.807) is 12.4 Å². The minimum Gasteiger partial charge on any atom is -0.353 e. The molecular formula is C8H14N4O2S. The number of anilines is 1. The maximum Gasteiger partial charge on any atom is 0.222 e. The van der Waals surface area contributed by atoms with Crippen molar-refractivity contribution in [3.63, 3.8) is 0 Å². The van der Waals surface area contributed by atoms with Crippen LogP contribution in [0, 0.1) is 6.92 Å². The van der Waals surface area contributed by atoms with E-state index < -0.39 is 10.0 Å². The zero-order chi connectivity index (χ0) is 11.3. The van der Waals surface area contributed by atoms with Crippen LogP contribution in [0.1, 0.15) is 5.56 Å². The number of aryl methyl sites for hydroxylation is 1. The predicted octanol–water partition coefficient (Wildman–Crippen LogP) is -0.254. The first-order chi connectivity index (χ1) is 6.97. The summed E-state index contributed by atoms with van der Waals surface area (Å²) in [4.78, 5) is 8.03. The lowest BCUT2D eigenvalue weighted by molar-refractivity contribution is 0.589. The second-order valence-electron chi connectivity index (χ2n) is 3.18. The van der Waals surface area contributed by atoms with Crippen molar-refractivity contribution in [1.29, 1.82) is 0 Å². The first kappa shape index (κ1) is 11.9. The lowest BCUT2D eigenvalue weighted by Crippen LogP contribution is -2.27. The van der Waals surface area contributed by atoms with Gasteiger partial charge in [-0.25, -0.2) is 23.1 Å². The minimum absolute atomic E-state index is 0.316. The Morgan fingerprint density at radius 3 is 2.40 bits per heavy atom. The molecule has 2 N–H and O–H groups in total. The fraction of sp³-hybridized carbons (Fsp3) is 0.500. The van der Waals surface area contributed by atoms with Gasteiger partial charge in [0.05, 0.1) is 6.26 Å². The standard InChI is InChI=1S/C8H14N4O2S/c1-7-5-10-8(11-6-7)9-3-4-12-15(2,13)14/h5-6,12H,3-4H2,1-2H3,(H,9,10,11). The molecule has 15 heavy (non-hydrogen) atoms. The Bertz CT molecular complexity index is 401. The highest BCUT2D eigenvalue weighted by Crippen LogP contribution is 1.96. The molecule has 0 aliphatic rings. The van der Waals surface area contributed by atoms with Crippen LogP contribution in [0.15, 0.2) is 12.4 Å². The predicted molar refractivity (Wildman–Crippen MR) is 58.1 cm³/mol. The maximum atomic E-state index is 10.7. The molecule has 1 aromatic heterocycles. The van der Waals surface area contributed by atoms with Gasteiger partial charge in [0.2, 0.25) is 16.0 Å². The van der Waals surface area contributed by atoms with Gasteiger partial charge in [0.15, 0.2) is 0 Å². The molecule has 0 aliphatic carbocycles. The van der Waals surface area contributed by atoms with Gasteiger partial charge in [-0.15, -0.1) is 0 Å². The second kappa shape index (κ2) is 5.04. The van der Waals surface area contributed by atoms with Gasteiger partial charge in [0, 0.05) is 25.5 Å². The van der Waals surface area contributed by atoms with Crippen LogP contribution in [-0.2, 0) is 10.0 Å². The second-order valence-corrected chi connectivity index (χ2v) is 5.01. The number of aromatic nitrogens is 2. The SMILES string of the molecule is Cc1cnc(NCCNS(C)(=O)=O)nc1. The van der Waals surface area contributed by atoms with E-state index >= 15 is 0 Å². The monoisotopic (exact) mass is 230 g/mol. The quantitative estimate of drug-likeness (QED) is 0.681. The van der Waals surface area contributed by atoms with Crippen LogP contribution in [-0.4, -0.2) is 37.7 Å². The van der Waals surface area contributed by atoms with Crippen LogP contribution in [0.25, 0.3) is 0 Å². The van der Waals surface area contributed by atoms with Crippen molar-refractivity contribution in [3.8, 4) is 0 Å². The van der Waals surface area contributed by atoms with E-state index in [9.17, 15) is 8.42 Å². The Hall–Kier alpha value is -1.21. The summed E-state index contributed by atoms with van der Waals surface area (Å²) in [5.74, 6) is 0.496. The summed E-state index contributed by atoms with van der Waals surface area (Å²) in [5.41, 5.74) is 0.981. The Morgan fingerprint density at radius 2 is 1.87 bits per heavy atom. The van der Waals surface area contributed by atoms with Crippen molar-refractivity contribution >= 4 is 16.0 Å². The Kier molecular flexibility index (Phi) is 3.98. The van der Waals surface area contributed by atoms with Crippen molar-refractivity contribution in [3.05, 3.63) is 18.0 Å². The summed E-state index contributed by atoms with van der Waals surface area (Å²) in [7, 11) is -3.12. The van der Waals surface area contributed by atoms with Crippen molar-refractivity contribution in [2.24, 2.45) is 0 Å². The third kappa shape index (κ3) is 5.28. The number of nitrogens with one attached hydrogen (secondary N) is 2. The van der Waals surface area contributed by atoms with Gasteiger partial charge in [-0.3, -0.25) is 0 Å². The van der Waals surface area contributed by atoms with Gasteiger partial charge >= 0.3 is 0 Å². The van der Waals surface area contributed by atoms with E-state index in [-0.39, 0.29) is 0 Å². The summed E-state index contributed by atoms with van der Waals surface area (Å²) >= 11 is 0. The average molecular weight is 230 g/mol. The fourth-order valence-corrected chi connectivity index (χ4v) is 1.37. The molecule has 0 saturated heterocycles. The van der Waals surface area contributed by atoms with Crippen LogP contribution < -0.4 is 10.0 Å². The first-order valence-electron chi connectivity index (χ1n) is 4.44. The Balaban J connectivity index is 2.29. The third-order valence-electron chi connectivity index (χ3n) is 1.55. The van der Waals surface area contributed by atoms with Crippen LogP contribution in [0.4, 0.5) is 5.95 Å². The summed E-state index contributed by atoms with van der Waals surface area (Å²) in [6.45, 7) is 2.67. The van der Waals surface area contributed by atoms with Crippen LogP contribution >= 0.6 is 0 Å². The lowest BCUT2D eigenvalue weighted by atomic mass is 10.4. The first-order valence-corrected chi connectivity index (χ1v) is 6.34. The normalized spacial score (nSPS) is 11.3. The van der Waals surface area contributed by atoms with E-state index in [2.05, 4.69) is 20.0 Å². The van der Waals surface area contributed by atoms with Crippen molar-refractivity contribution < 1.29 is 8.42 Å². The van der Waals surface area contributed by atoms with Gasteiger partial charge in [0.25, 0.3) is 0 Å². The van der Waals surface area contributed by atoms with Gasteiger partial charge < -0.3 is 5.32 Å². The zero-order valence-corrected chi connectivity index (χ0v) is 9.50. The Morgan fingerprint density at radius 1 is 1.27 bits per heavy atom. The molecule has 7 heteroatoms. The molecule has 0 bridgehead atoms. The molecule has 6 nitrogen and oxygen atoms in total. The zero-order valence-electron chi connectivity index (χ0n) is 8.69. The van der Waals surface area contributed by atoms with Crippen LogP contribution in [0.2, 0.25) is 0 Å². The highest BCUT2D eigenvalue weighted by atomic mass is 32.2. The van der Waals surface area contributed by atoms with Crippen LogP contribution in [0.5, 0.6) is 0 Å². The van der Waals surface area contributed by atoms with Gasteiger partial charge in [-0.05, 0) is 12.5 Å². The number of rotatable bonds is 5. The minimum atomic E-state index is -3.12. The third-order valence-corrected chi connectivity index (χ3v) is 2.28. The molecular weight excluding hydrogens is 216 g/mol. The molecule has 0 spiro atoms. The maximum absolute atomic E-state index is 10.7. The van der Waals surface area contributed by atoms with Gasteiger partial charge in [-0.2, -0.15) is 0 Å². The number of hydrogen-bond donors (Lipinski definition) is 2. The molecule has 1 aromatic rings.